The molecule has 1 aliphatic heterocycles. The number of hydrogen-bond donors (Lipinski definition) is 1. The predicted octanol–water partition coefficient (Wildman–Crippen LogP) is 1.40. The van der Waals surface area contributed by atoms with E-state index < -0.39 is 17.5 Å². The van der Waals surface area contributed by atoms with E-state index in [0.717, 1.165) is 23.1 Å². The van der Waals surface area contributed by atoms with Gasteiger partial charge in [-0.25, -0.2) is 8.78 Å². The van der Waals surface area contributed by atoms with Gasteiger partial charge in [-0.05, 0) is 12.1 Å². The molecule has 6 heteroatoms. The quantitative estimate of drug-likeness (QED) is 0.799. The molecule has 0 fully saturated rings. The Morgan fingerprint density at radius 2 is 2.12 bits per heavy atom. The average molecular weight is 235 g/mol. The summed E-state index contributed by atoms with van der Waals surface area (Å²) in [6.45, 7) is 0. The Balaban J connectivity index is 2.55. The maximum absolute atomic E-state index is 13.5. The molecule has 1 amide bonds. The third kappa shape index (κ3) is 1.72. The van der Waals surface area contributed by atoms with Crippen LogP contribution in [0.1, 0.15) is 6.42 Å². The van der Waals surface area contributed by atoms with Crippen molar-refractivity contribution in [3.63, 3.8) is 0 Å². The second-order valence-corrected chi connectivity index (χ2v) is 3.48. The topological polar surface area (TPSA) is 70.1 Å². The first-order valence-electron chi connectivity index (χ1n) is 4.71. The zero-order chi connectivity index (χ0) is 12.6. The highest BCUT2D eigenvalue weighted by atomic mass is 19.1. The van der Waals surface area contributed by atoms with Crippen molar-refractivity contribution < 1.29 is 13.6 Å². The van der Waals surface area contributed by atoms with Gasteiger partial charge in [0.05, 0.1) is 23.8 Å². The summed E-state index contributed by atoms with van der Waals surface area (Å²) in [6.07, 6.45) is -0.196. The lowest BCUT2D eigenvalue weighted by Gasteiger charge is -2.17. The first-order valence-corrected chi connectivity index (χ1v) is 4.71. The molecule has 0 atom stereocenters. The molecule has 1 aromatic rings. The largest absolute Gasteiger partial charge is 0.384 e. The SMILES string of the molecule is N#CC1=C(N)N(c2cc(F)ccc2F)C(=O)C1. The molecule has 86 valence electrons. The van der Waals surface area contributed by atoms with E-state index in [2.05, 4.69) is 0 Å². The molecule has 2 N–H and O–H groups in total. The number of halogens is 2. The van der Waals surface area contributed by atoms with Crippen molar-refractivity contribution in [2.45, 2.75) is 6.42 Å². The van der Waals surface area contributed by atoms with E-state index in [1.54, 1.807) is 6.07 Å². The molecular formula is C11H7F2N3O. The van der Waals surface area contributed by atoms with Gasteiger partial charge in [0.25, 0.3) is 0 Å². The Kier molecular flexibility index (Phi) is 2.52. The maximum Gasteiger partial charge on any atom is 0.238 e. The van der Waals surface area contributed by atoms with Crippen LogP contribution >= 0.6 is 0 Å². The summed E-state index contributed by atoms with van der Waals surface area (Å²) in [5.41, 5.74) is 5.32. The molecule has 0 bridgehead atoms. The van der Waals surface area contributed by atoms with E-state index in [0.29, 0.717) is 0 Å². The number of hydrogen-bond acceptors (Lipinski definition) is 3. The highest BCUT2D eigenvalue weighted by Crippen LogP contribution is 2.29. The summed E-state index contributed by atoms with van der Waals surface area (Å²) >= 11 is 0. The van der Waals surface area contributed by atoms with Gasteiger partial charge in [-0.2, -0.15) is 5.26 Å². The Labute approximate surface area is 95.5 Å². The average Bonchev–Trinajstić information content (AvgIpc) is 2.58. The van der Waals surface area contributed by atoms with Crippen molar-refractivity contribution in [3.05, 3.63) is 41.2 Å². The number of anilines is 1. The second kappa shape index (κ2) is 3.87. The predicted molar refractivity (Wildman–Crippen MR) is 55.3 cm³/mol. The van der Waals surface area contributed by atoms with Crippen LogP contribution in [0.2, 0.25) is 0 Å². The minimum absolute atomic E-state index is 0.0543. The minimum atomic E-state index is -0.776. The second-order valence-electron chi connectivity index (χ2n) is 3.48. The van der Waals surface area contributed by atoms with Gasteiger partial charge in [0.2, 0.25) is 5.91 Å². The van der Waals surface area contributed by atoms with Crippen LogP contribution in [-0.2, 0) is 4.79 Å². The molecule has 17 heavy (non-hydrogen) atoms. The molecule has 0 saturated carbocycles. The van der Waals surface area contributed by atoms with Crippen molar-refractivity contribution in [2.75, 3.05) is 4.90 Å². The van der Waals surface area contributed by atoms with Gasteiger partial charge in [0, 0.05) is 6.07 Å². The van der Waals surface area contributed by atoms with Gasteiger partial charge in [-0.15, -0.1) is 0 Å². The number of rotatable bonds is 1. The van der Waals surface area contributed by atoms with Crippen molar-refractivity contribution in [2.24, 2.45) is 5.73 Å². The minimum Gasteiger partial charge on any atom is -0.384 e. The summed E-state index contributed by atoms with van der Waals surface area (Å²) in [5.74, 6) is -2.17. The van der Waals surface area contributed by atoms with Crippen LogP contribution in [0.4, 0.5) is 14.5 Å². The summed E-state index contributed by atoms with van der Waals surface area (Å²) in [4.78, 5) is 12.4. The zero-order valence-electron chi connectivity index (χ0n) is 8.58. The van der Waals surface area contributed by atoms with Crippen LogP contribution in [0.15, 0.2) is 29.6 Å². The van der Waals surface area contributed by atoms with E-state index in [1.807, 2.05) is 0 Å². The molecule has 0 radical (unpaired) electrons. The van der Waals surface area contributed by atoms with Crippen LogP contribution < -0.4 is 10.6 Å². The van der Waals surface area contributed by atoms with E-state index in [1.165, 1.54) is 0 Å². The molecule has 0 unspecified atom stereocenters. The molecule has 0 aliphatic carbocycles. The van der Waals surface area contributed by atoms with E-state index in [-0.39, 0.29) is 23.5 Å². The number of nitrogens with two attached hydrogens (primary N) is 1. The summed E-state index contributed by atoms with van der Waals surface area (Å²) in [7, 11) is 0. The first-order chi connectivity index (χ1) is 8.04. The Hall–Kier alpha value is -2.42. The summed E-state index contributed by atoms with van der Waals surface area (Å²) in [6, 6.07) is 4.45. The van der Waals surface area contributed by atoms with E-state index in [4.69, 9.17) is 11.0 Å². The van der Waals surface area contributed by atoms with Crippen LogP contribution in [0, 0.1) is 23.0 Å². The van der Waals surface area contributed by atoms with Crippen LogP contribution in [0.5, 0.6) is 0 Å². The standard InChI is InChI=1S/C11H7F2N3O/c12-7-1-2-8(13)9(4-7)16-10(17)3-6(5-14)11(16)15/h1-2,4H,3,15H2. The van der Waals surface area contributed by atoms with E-state index in [9.17, 15) is 13.6 Å². The lowest BCUT2D eigenvalue weighted by Crippen LogP contribution is -2.29. The molecule has 1 heterocycles. The highest BCUT2D eigenvalue weighted by Gasteiger charge is 2.31. The zero-order valence-corrected chi connectivity index (χ0v) is 8.58. The molecule has 1 aliphatic rings. The van der Waals surface area contributed by atoms with E-state index >= 15 is 0 Å². The summed E-state index contributed by atoms with van der Waals surface area (Å²) < 4.78 is 26.5. The fourth-order valence-electron chi connectivity index (χ4n) is 1.61. The lowest BCUT2D eigenvalue weighted by molar-refractivity contribution is -0.116. The van der Waals surface area contributed by atoms with Crippen molar-refractivity contribution >= 4 is 11.6 Å². The van der Waals surface area contributed by atoms with Gasteiger partial charge >= 0.3 is 0 Å². The fourth-order valence-corrected chi connectivity index (χ4v) is 1.61. The smallest absolute Gasteiger partial charge is 0.238 e. The Morgan fingerprint density at radius 1 is 1.41 bits per heavy atom. The molecule has 0 aromatic heterocycles. The normalized spacial score (nSPS) is 15.4. The van der Waals surface area contributed by atoms with Crippen molar-refractivity contribution in [3.8, 4) is 6.07 Å². The van der Waals surface area contributed by atoms with Gasteiger partial charge < -0.3 is 5.73 Å². The van der Waals surface area contributed by atoms with Crippen LogP contribution in [-0.4, -0.2) is 5.91 Å². The highest BCUT2D eigenvalue weighted by molar-refractivity contribution is 6.01. The van der Waals surface area contributed by atoms with Gasteiger partial charge in [0.15, 0.2) is 0 Å². The first kappa shape index (κ1) is 11.1. The third-order valence-electron chi connectivity index (χ3n) is 2.41. The Morgan fingerprint density at radius 3 is 2.71 bits per heavy atom. The number of carbonyl (C=O) groups is 1. The molecule has 1 aromatic carbocycles. The number of benzene rings is 1. The van der Waals surface area contributed by atoms with Crippen LogP contribution in [0.3, 0.4) is 0 Å². The Bertz CT molecular complexity index is 575. The number of nitriles is 1. The number of nitrogens with zero attached hydrogens (tertiary/aromatic N) is 2. The molecule has 4 nitrogen and oxygen atoms in total. The molecular weight excluding hydrogens is 228 g/mol. The summed E-state index contributed by atoms with van der Waals surface area (Å²) in [5, 5.41) is 8.71. The number of carbonyl (C=O) groups excluding carboxylic acids is 1. The molecule has 0 spiro atoms. The maximum atomic E-state index is 13.5. The van der Waals surface area contributed by atoms with Crippen molar-refractivity contribution in [1.82, 2.24) is 0 Å². The van der Waals surface area contributed by atoms with Gasteiger partial charge in [0.1, 0.15) is 17.5 Å². The fraction of sp³-hybridized carbons (Fsp3) is 0.0909. The third-order valence-corrected chi connectivity index (χ3v) is 2.41. The molecule has 0 saturated heterocycles. The molecule has 2 rings (SSSR count). The van der Waals surface area contributed by atoms with Crippen molar-refractivity contribution in [1.29, 1.82) is 5.26 Å². The number of amides is 1. The lowest BCUT2D eigenvalue weighted by atomic mass is 10.2. The monoisotopic (exact) mass is 235 g/mol. The van der Waals surface area contributed by atoms with Crippen LogP contribution in [0.25, 0.3) is 0 Å². The van der Waals surface area contributed by atoms with Gasteiger partial charge in [-0.1, -0.05) is 0 Å². The van der Waals surface area contributed by atoms with Gasteiger partial charge in [-0.3, -0.25) is 9.69 Å².